The highest BCUT2D eigenvalue weighted by atomic mass is 31.2. The Morgan fingerprint density at radius 3 is 1.91 bits per heavy atom. The first-order valence-electron chi connectivity index (χ1n) is 11.4. The normalized spacial score (nSPS) is 15.4. The van der Waals surface area contributed by atoms with Crippen LogP contribution >= 0.6 is 7.37 Å². The highest BCUT2D eigenvalue weighted by molar-refractivity contribution is 7.58. The number of rotatable bonds is 11. The molecule has 0 fully saturated rings. The van der Waals surface area contributed by atoms with E-state index < -0.39 is 37.0 Å². The van der Waals surface area contributed by atoms with Gasteiger partial charge in [-0.15, -0.1) is 0 Å². The van der Waals surface area contributed by atoms with E-state index in [9.17, 15) is 24.2 Å². The number of nitrogens with two attached hydrogens (primary N) is 1. The Hall–Kier alpha value is -3.25. The van der Waals surface area contributed by atoms with Crippen molar-refractivity contribution in [2.75, 3.05) is 6.16 Å². The highest BCUT2D eigenvalue weighted by Gasteiger charge is 2.36. The third kappa shape index (κ3) is 7.62. The van der Waals surface area contributed by atoms with Crippen molar-refractivity contribution in [3.8, 4) is 0 Å². The first-order chi connectivity index (χ1) is 16.7. The lowest BCUT2D eigenvalue weighted by molar-refractivity contribution is -0.142. The van der Waals surface area contributed by atoms with Gasteiger partial charge in [-0.25, -0.2) is 4.79 Å². The van der Waals surface area contributed by atoms with Gasteiger partial charge in [0, 0.05) is 12.6 Å². The quantitative estimate of drug-likeness (QED) is 0.299. The van der Waals surface area contributed by atoms with Crippen LogP contribution in [0.2, 0.25) is 0 Å². The van der Waals surface area contributed by atoms with Gasteiger partial charge in [0.15, 0.2) is 0 Å². The summed E-state index contributed by atoms with van der Waals surface area (Å²) in [6.07, 6.45) is -0.102. The minimum Gasteiger partial charge on any atom is -0.480 e. The zero-order valence-electron chi connectivity index (χ0n) is 19.6. The van der Waals surface area contributed by atoms with Crippen molar-refractivity contribution in [2.45, 2.75) is 31.6 Å². The molecule has 0 radical (unpaired) electrons. The number of benzene rings is 3. The van der Waals surface area contributed by atoms with Crippen molar-refractivity contribution in [2.24, 2.45) is 11.7 Å². The molecular weight excluding hydrogens is 463 g/mol. The molecule has 0 aliphatic rings. The molecule has 0 spiro atoms. The second-order valence-electron chi connectivity index (χ2n) is 8.77. The Kier molecular flexibility index (Phi) is 8.99. The second kappa shape index (κ2) is 11.9. The molecule has 1 amide bonds. The molecule has 3 aromatic carbocycles. The van der Waals surface area contributed by atoms with E-state index in [2.05, 4.69) is 5.32 Å². The summed E-state index contributed by atoms with van der Waals surface area (Å²) in [6.45, 7) is 1.91. The number of carboxylic acid groups (broad SMARTS) is 1. The molecule has 4 atom stereocenters. The summed E-state index contributed by atoms with van der Waals surface area (Å²) in [5.74, 6) is -3.87. The van der Waals surface area contributed by atoms with Crippen LogP contribution in [0.4, 0.5) is 0 Å². The van der Waals surface area contributed by atoms with Crippen LogP contribution < -0.4 is 11.1 Å². The van der Waals surface area contributed by atoms with E-state index in [0.29, 0.717) is 5.56 Å². The largest absolute Gasteiger partial charge is 0.480 e. The Morgan fingerprint density at radius 2 is 1.40 bits per heavy atom. The molecule has 0 saturated heterocycles. The van der Waals surface area contributed by atoms with Gasteiger partial charge in [0.1, 0.15) is 11.8 Å². The Bertz CT molecular complexity index is 1170. The summed E-state index contributed by atoms with van der Waals surface area (Å²) >= 11 is 0. The van der Waals surface area contributed by atoms with Crippen LogP contribution in [0.25, 0.3) is 0 Å². The number of amides is 1. The first kappa shape index (κ1) is 26.4. The molecule has 3 rings (SSSR count). The van der Waals surface area contributed by atoms with E-state index in [4.69, 9.17) is 5.73 Å². The molecule has 35 heavy (non-hydrogen) atoms. The van der Waals surface area contributed by atoms with Crippen molar-refractivity contribution < 1.29 is 24.2 Å². The molecule has 0 bridgehead atoms. The van der Waals surface area contributed by atoms with Crippen molar-refractivity contribution in [1.29, 1.82) is 0 Å². The van der Waals surface area contributed by atoms with E-state index >= 15 is 0 Å². The molecule has 0 aromatic heterocycles. The molecular formula is C27H31N2O5P. The minimum absolute atomic E-state index is 0.0969. The molecule has 2 unspecified atom stereocenters. The number of carbonyl (C=O) groups excluding carboxylic acids is 1. The molecule has 0 aliphatic carbocycles. The molecule has 3 aromatic rings. The fourth-order valence-electron chi connectivity index (χ4n) is 3.90. The Labute approximate surface area is 205 Å². The lowest BCUT2D eigenvalue weighted by Crippen LogP contribution is -2.46. The lowest BCUT2D eigenvalue weighted by atomic mass is 9.99. The van der Waals surface area contributed by atoms with Crippen LogP contribution in [0.1, 0.15) is 28.0 Å². The maximum absolute atomic E-state index is 13.3. The Balaban J connectivity index is 1.82. The van der Waals surface area contributed by atoms with Gasteiger partial charge in [0.05, 0.1) is 5.92 Å². The number of hydrogen-bond donors (Lipinski definition) is 4. The van der Waals surface area contributed by atoms with Crippen LogP contribution in [0.15, 0.2) is 84.9 Å². The highest BCUT2D eigenvalue weighted by Crippen LogP contribution is 2.54. The minimum atomic E-state index is -4.03. The van der Waals surface area contributed by atoms with E-state index in [1.807, 2.05) is 55.5 Å². The summed E-state index contributed by atoms with van der Waals surface area (Å²) in [5, 5.41) is 12.3. The van der Waals surface area contributed by atoms with Gasteiger partial charge in [-0.05, 0) is 30.0 Å². The summed E-state index contributed by atoms with van der Waals surface area (Å²) in [7, 11) is -4.03. The molecule has 0 saturated carbocycles. The third-order valence-corrected chi connectivity index (χ3v) is 8.06. The van der Waals surface area contributed by atoms with Gasteiger partial charge in [0.2, 0.25) is 13.3 Å². The molecule has 0 heterocycles. The number of carbonyl (C=O) groups is 2. The molecule has 5 N–H and O–H groups in total. The fourth-order valence-corrected chi connectivity index (χ4v) is 5.70. The molecule has 0 aliphatic heterocycles. The van der Waals surface area contributed by atoms with Crippen LogP contribution in [-0.4, -0.2) is 34.1 Å². The first-order valence-corrected chi connectivity index (χ1v) is 13.3. The third-order valence-electron chi connectivity index (χ3n) is 5.93. The average Bonchev–Trinajstić information content (AvgIpc) is 2.84. The zero-order chi connectivity index (χ0) is 25.4. The summed E-state index contributed by atoms with van der Waals surface area (Å²) in [6, 6.07) is 23.9. The number of aryl methyl sites for hydroxylation is 1. The van der Waals surface area contributed by atoms with Gasteiger partial charge >= 0.3 is 5.97 Å². The van der Waals surface area contributed by atoms with Crippen LogP contribution in [0.3, 0.4) is 0 Å². The van der Waals surface area contributed by atoms with Gasteiger partial charge in [-0.2, -0.15) is 0 Å². The SMILES string of the molecule is Cc1ccc(C(N)P(=O)(O)C[C@@H](Cc2ccccc2)C(=O)N[C@@H](Cc2ccccc2)C(=O)O)cc1. The smallest absolute Gasteiger partial charge is 0.326 e. The van der Waals surface area contributed by atoms with Gasteiger partial charge in [-0.3, -0.25) is 9.36 Å². The predicted octanol–water partition coefficient (Wildman–Crippen LogP) is 3.89. The second-order valence-corrected chi connectivity index (χ2v) is 11.2. The number of carboxylic acids is 1. The van der Waals surface area contributed by atoms with Gasteiger partial charge < -0.3 is 21.1 Å². The number of hydrogen-bond acceptors (Lipinski definition) is 4. The van der Waals surface area contributed by atoms with Crippen LogP contribution in [0, 0.1) is 12.8 Å². The number of nitrogens with one attached hydrogen (secondary N) is 1. The van der Waals surface area contributed by atoms with E-state index in [1.54, 1.807) is 36.4 Å². The van der Waals surface area contributed by atoms with Crippen molar-refractivity contribution >= 4 is 19.2 Å². The Morgan fingerprint density at radius 1 is 0.886 bits per heavy atom. The predicted molar refractivity (Wildman–Crippen MR) is 136 cm³/mol. The van der Waals surface area contributed by atoms with E-state index in [1.165, 1.54) is 0 Å². The summed E-state index contributed by atoms with van der Waals surface area (Å²) < 4.78 is 13.3. The maximum Gasteiger partial charge on any atom is 0.326 e. The molecule has 8 heteroatoms. The van der Waals surface area contributed by atoms with Crippen molar-refractivity contribution in [3.63, 3.8) is 0 Å². The molecule has 184 valence electrons. The average molecular weight is 495 g/mol. The summed E-state index contributed by atoms with van der Waals surface area (Å²) in [4.78, 5) is 36.1. The topological polar surface area (TPSA) is 130 Å². The fraction of sp³-hybridized carbons (Fsp3) is 0.259. The van der Waals surface area contributed by atoms with Gasteiger partial charge in [0.25, 0.3) is 0 Å². The zero-order valence-corrected chi connectivity index (χ0v) is 20.5. The van der Waals surface area contributed by atoms with Crippen molar-refractivity contribution in [3.05, 3.63) is 107 Å². The number of aliphatic carboxylic acids is 1. The summed E-state index contributed by atoms with van der Waals surface area (Å²) in [5.41, 5.74) is 9.23. The maximum atomic E-state index is 13.3. The lowest BCUT2D eigenvalue weighted by Gasteiger charge is -2.26. The van der Waals surface area contributed by atoms with E-state index in [0.717, 1.165) is 16.7 Å². The monoisotopic (exact) mass is 494 g/mol. The van der Waals surface area contributed by atoms with E-state index in [-0.39, 0.29) is 19.0 Å². The van der Waals surface area contributed by atoms with Crippen molar-refractivity contribution in [1.82, 2.24) is 5.32 Å². The van der Waals surface area contributed by atoms with Gasteiger partial charge in [-0.1, -0.05) is 90.5 Å². The molecule has 7 nitrogen and oxygen atoms in total. The van der Waals surface area contributed by atoms with Crippen LogP contribution in [-0.2, 0) is 27.0 Å². The standard InChI is InChI=1S/C27H31N2O5P/c1-19-12-14-22(15-13-19)25(28)35(33,34)18-23(16-20-8-4-2-5-9-20)26(30)29-24(27(31)32)17-21-10-6-3-7-11-21/h2-15,23-25H,16-18,28H2,1H3,(H,29,30)(H,31,32)(H,33,34)/t23-,24+,25?/m1/s1. The van der Waals surface area contributed by atoms with Crippen LogP contribution in [0.5, 0.6) is 0 Å².